The first-order chi connectivity index (χ1) is 20.9. The largest absolute Gasteiger partial charge is 0.508 e. The van der Waals surface area contributed by atoms with Crippen molar-refractivity contribution in [1.82, 2.24) is 0 Å². The number of phenolic OH excluding ortho intramolecular Hbond substituents is 1. The zero-order chi connectivity index (χ0) is 30.1. The van der Waals surface area contributed by atoms with Crippen molar-refractivity contribution in [3.8, 4) is 17.2 Å². The van der Waals surface area contributed by atoms with Crippen LogP contribution in [0.3, 0.4) is 0 Å². The van der Waals surface area contributed by atoms with E-state index in [2.05, 4.69) is 36.4 Å². The molecule has 4 aromatic carbocycles. The maximum absolute atomic E-state index is 12.9. The summed E-state index contributed by atoms with van der Waals surface area (Å²) in [4.78, 5) is 12.9. The van der Waals surface area contributed by atoms with Gasteiger partial charge in [-0.1, -0.05) is 73.2 Å². The number of hydrogen-bond acceptors (Lipinski definition) is 5. The Morgan fingerprint density at radius 3 is 2.44 bits per heavy atom. The number of aryl methyl sites for hydroxylation is 2. The van der Waals surface area contributed by atoms with Gasteiger partial charge >= 0.3 is 0 Å². The number of phenols is 1. The van der Waals surface area contributed by atoms with E-state index in [1.807, 2.05) is 48.5 Å². The van der Waals surface area contributed by atoms with Crippen LogP contribution < -0.4 is 9.47 Å². The van der Waals surface area contributed by atoms with Gasteiger partial charge in [0.05, 0.1) is 12.7 Å². The first kappa shape index (κ1) is 30.4. The first-order valence-corrected chi connectivity index (χ1v) is 15.4. The van der Waals surface area contributed by atoms with E-state index in [0.29, 0.717) is 43.3 Å². The molecule has 2 atom stereocenters. The zero-order valence-electron chi connectivity index (χ0n) is 25.0. The van der Waals surface area contributed by atoms with Crippen LogP contribution in [-0.4, -0.2) is 28.7 Å². The van der Waals surface area contributed by atoms with E-state index in [4.69, 9.17) is 9.47 Å². The molecule has 4 aromatic rings. The second-order valence-corrected chi connectivity index (χ2v) is 11.8. The molecule has 5 heteroatoms. The first-order valence-electron chi connectivity index (χ1n) is 15.4. The molecule has 0 radical (unpaired) electrons. The molecule has 0 saturated heterocycles. The Morgan fingerprint density at radius 2 is 1.65 bits per heavy atom. The Bertz CT molecular complexity index is 1540. The van der Waals surface area contributed by atoms with Gasteiger partial charge in [0, 0.05) is 12.8 Å². The molecule has 0 fully saturated rings. The molecule has 5 rings (SSSR count). The predicted octanol–water partition coefficient (Wildman–Crippen LogP) is 8.14. The summed E-state index contributed by atoms with van der Waals surface area (Å²) in [5.41, 5.74) is 2.34. The lowest BCUT2D eigenvalue weighted by Gasteiger charge is -2.30. The molecule has 0 heterocycles. The molecular formula is C38H42O5. The summed E-state index contributed by atoms with van der Waals surface area (Å²) < 4.78 is 11.6. The van der Waals surface area contributed by atoms with Gasteiger partial charge in [0.1, 0.15) is 18.1 Å². The minimum Gasteiger partial charge on any atom is -0.508 e. The van der Waals surface area contributed by atoms with Crippen LogP contribution in [0.15, 0.2) is 97.1 Å². The summed E-state index contributed by atoms with van der Waals surface area (Å²) in [6, 6.07) is 27.7. The molecule has 1 aliphatic carbocycles. The van der Waals surface area contributed by atoms with Crippen molar-refractivity contribution in [2.24, 2.45) is 5.92 Å². The summed E-state index contributed by atoms with van der Waals surface area (Å²) in [5.74, 6) is 2.05. The Kier molecular flexibility index (Phi) is 10.2. The number of methoxy groups -OCH3 is 1. The number of ether oxygens (including phenoxy) is 2. The smallest absolute Gasteiger partial charge is 0.161 e. The number of fused-ring (bicyclic) bond motifs is 1. The van der Waals surface area contributed by atoms with Crippen LogP contribution in [0, 0.1) is 5.92 Å². The number of allylic oxidation sites excluding steroid dienone is 1. The fourth-order valence-electron chi connectivity index (χ4n) is 5.93. The van der Waals surface area contributed by atoms with Gasteiger partial charge in [-0.2, -0.15) is 0 Å². The van der Waals surface area contributed by atoms with E-state index in [0.717, 1.165) is 41.2 Å². The molecule has 224 valence electrons. The summed E-state index contributed by atoms with van der Waals surface area (Å²) >= 11 is 0. The lowest BCUT2D eigenvalue weighted by Crippen LogP contribution is -2.32. The fourth-order valence-corrected chi connectivity index (χ4v) is 5.93. The number of hydrogen-bond donors (Lipinski definition) is 2. The second-order valence-electron chi connectivity index (χ2n) is 11.8. The lowest BCUT2D eigenvalue weighted by molar-refractivity contribution is -0.122. The molecule has 0 aromatic heterocycles. The van der Waals surface area contributed by atoms with E-state index in [1.54, 1.807) is 19.2 Å². The van der Waals surface area contributed by atoms with Crippen LogP contribution in [0.1, 0.15) is 61.6 Å². The van der Waals surface area contributed by atoms with Gasteiger partial charge in [-0.05, 0) is 102 Å². The number of carbonyl (C=O) groups excluding carboxylic acids is 1. The van der Waals surface area contributed by atoms with Gasteiger partial charge in [0.2, 0.25) is 0 Å². The number of unbranched alkanes of at least 4 members (excludes halogenated alkanes) is 1. The lowest BCUT2D eigenvalue weighted by atomic mass is 9.80. The van der Waals surface area contributed by atoms with Gasteiger partial charge in [-0.15, -0.1) is 0 Å². The number of benzene rings is 4. The highest BCUT2D eigenvalue weighted by molar-refractivity contribution is 5.84. The summed E-state index contributed by atoms with van der Waals surface area (Å²) in [6.07, 6.45) is 11.2. The number of ketones is 1. The molecule has 0 saturated carbocycles. The molecule has 43 heavy (non-hydrogen) atoms. The average molecular weight is 579 g/mol. The molecule has 0 aliphatic heterocycles. The zero-order valence-corrected chi connectivity index (χ0v) is 25.0. The van der Waals surface area contributed by atoms with E-state index in [9.17, 15) is 15.0 Å². The van der Waals surface area contributed by atoms with Crippen LogP contribution in [-0.2, 0) is 24.2 Å². The van der Waals surface area contributed by atoms with E-state index in [-0.39, 0.29) is 18.0 Å². The number of aromatic hydroxyl groups is 1. The minimum atomic E-state index is -1.04. The van der Waals surface area contributed by atoms with Crippen molar-refractivity contribution in [1.29, 1.82) is 0 Å². The van der Waals surface area contributed by atoms with E-state index >= 15 is 0 Å². The third kappa shape index (κ3) is 8.71. The van der Waals surface area contributed by atoms with Gasteiger partial charge < -0.3 is 19.7 Å². The van der Waals surface area contributed by atoms with Gasteiger partial charge in [0.25, 0.3) is 0 Å². The standard InChI is InChI=1S/C38H42O5/c1-42-36-18-13-30(24-37(36)43-27-31-11-14-33-25-34(39)17-15-32(33)23-31)12-16-35(40)26-38(41)21-19-29(20-22-38)10-6-5-9-28-7-3-2-4-8-28/h2-4,7-8,11,13-15,17-19,21,23-25,29,39,41H,5-6,9-10,12,16,20,22,26-27H2,1H3/t29-,38+/m0/s1. The highest BCUT2D eigenvalue weighted by Gasteiger charge is 2.30. The monoisotopic (exact) mass is 578 g/mol. The molecular weight excluding hydrogens is 536 g/mol. The van der Waals surface area contributed by atoms with Crippen molar-refractivity contribution >= 4 is 16.6 Å². The predicted molar refractivity (Wildman–Crippen MR) is 172 cm³/mol. The van der Waals surface area contributed by atoms with Gasteiger partial charge in [-0.3, -0.25) is 4.79 Å². The molecule has 1 aliphatic rings. The molecule has 0 bridgehead atoms. The van der Waals surface area contributed by atoms with Crippen LogP contribution in [0.2, 0.25) is 0 Å². The maximum atomic E-state index is 12.9. The molecule has 0 unspecified atom stereocenters. The third-order valence-corrected chi connectivity index (χ3v) is 8.47. The summed E-state index contributed by atoms with van der Waals surface area (Å²) in [5, 5.41) is 22.8. The molecule has 2 N–H and O–H groups in total. The van der Waals surface area contributed by atoms with Crippen LogP contribution >= 0.6 is 0 Å². The summed E-state index contributed by atoms with van der Waals surface area (Å²) in [6.45, 7) is 0.364. The van der Waals surface area contributed by atoms with E-state index in [1.165, 1.54) is 18.4 Å². The normalized spacial score (nSPS) is 18.0. The number of rotatable bonds is 14. The van der Waals surface area contributed by atoms with Crippen molar-refractivity contribution in [3.63, 3.8) is 0 Å². The average Bonchev–Trinajstić information content (AvgIpc) is 3.02. The molecule has 5 nitrogen and oxygen atoms in total. The van der Waals surface area contributed by atoms with Gasteiger partial charge in [0.15, 0.2) is 11.5 Å². The van der Waals surface area contributed by atoms with Crippen molar-refractivity contribution in [2.75, 3.05) is 7.11 Å². The van der Waals surface area contributed by atoms with Crippen LogP contribution in [0.25, 0.3) is 10.8 Å². The Labute approximate surface area is 254 Å². The minimum absolute atomic E-state index is 0.0638. The summed E-state index contributed by atoms with van der Waals surface area (Å²) in [7, 11) is 1.61. The van der Waals surface area contributed by atoms with Crippen molar-refractivity contribution in [3.05, 3.63) is 114 Å². The van der Waals surface area contributed by atoms with Gasteiger partial charge in [-0.25, -0.2) is 0 Å². The van der Waals surface area contributed by atoms with Crippen molar-refractivity contribution in [2.45, 2.75) is 70.0 Å². The van der Waals surface area contributed by atoms with Crippen LogP contribution in [0.4, 0.5) is 0 Å². The number of Topliss-reactive ketones (excluding diaryl/α,β-unsaturated/α-hetero) is 1. The topological polar surface area (TPSA) is 76.0 Å². The number of carbonyl (C=O) groups is 1. The quantitative estimate of drug-likeness (QED) is 0.117. The Balaban J connectivity index is 1.08. The van der Waals surface area contributed by atoms with Crippen molar-refractivity contribution < 1.29 is 24.5 Å². The highest BCUT2D eigenvalue weighted by Crippen LogP contribution is 2.33. The molecule has 0 spiro atoms. The highest BCUT2D eigenvalue weighted by atomic mass is 16.5. The SMILES string of the molecule is COc1ccc(CCC(=O)C[C@@]2(O)C=C[C@H](CCCCc3ccccc3)CC2)cc1OCc1ccc2cc(O)ccc2c1. The maximum Gasteiger partial charge on any atom is 0.161 e. The van der Waals surface area contributed by atoms with E-state index < -0.39 is 5.60 Å². The fraction of sp³-hybridized carbons (Fsp3) is 0.342. The number of aliphatic hydroxyl groups is 1. The second kappa shape index (κ2) is 14.4. The Hall–Kier alpha value is -4.09. The third-order valence-electron chi connectivity index (χ3n) is 8.47. The van der Waals surface area contributed by atoms with Crippen LogP contribution in [0.5, 0.6) is 17.2 Å². The Morgan fingerprint density at radius 1 is 0.860 bits per heavy atom. The molecule has 0 amide bonds.